The van der Waals surface area contributed by atoms with Gasteiger partial charge < -0.3 is 0 Å². The van der Waals surface area contributed by atoms with Gasteiger partial charge in [0.2, 0.25) is 5.91 Å². The highest BCUT2D eigenvalue weighted by Crippen LogP contribution is 2.22. The van der Waals surface area contributed by atoms with Gasteiger partial charge in [-0.05, 0) is 19.1 Å². The summed E-state index contributed by atoms with van der Waals surface area (Å²) in [5, 5.41) is 3.88. The van der Waals surface area contributed by atoms with Crippen LogP contribution < -0.4 is 5.43 Å². The van der Waals surface area contributed by atoms with Gasteiger partial charge in [-0.15, -0.1) is 11.8 Å². The molecule has 0 spiro atoms. The molecule has 0 atom stereocenters. The zero-order valence-electron chi connectivity index (χ0n) is 11.2. The SMILES string of the molecule is Cc1cccc(C=NNC(=O)CSC(C)(C)C)n1. The van der Waals surface area contributed by atoms with Crippen molar-refractivity contribution in [2.24, 2.45) is 5.10 Å². The average molecular weight is 265 g/mol. The molecule has 0 aliphatic heterocycles. The number of hydrogen-bond acceptors (Lipinski definition) is 4. The lowest BCUT2D eigenvalue weighted by molar-refractivity contribution is -0.118. The standard InChI is InChI=1S/C13H19N3OS/c1-10-6-5-7-11(15-10)8-14-16-12(17)9-18-13(2,3)4/h5-8H,9H2,1-4H3,(H,16,17). The molecule has 1 amide bonds. The first-order valence-corrected chi connectivity index (χ1v) is 6.75. The monoisotopic (exact) mass is 265 g/mol. The van der Waals surface area contributed by atoms with Gasteiger partial charge in [0.25, 0.3) is 0 Å². The number of aromatic nitrogens is 1. The summed E-state index contributed by atoms with van der Waals surface area (Å²) in [4.78, 5) is 15.7. The third-order valence-electron chi connectivity index (χ3n) is 1.93. The smallest absolute Gasteiger partial charge is 0.250 e. The molecule has 0 bridgehead atoms. The van der Waals surface area contributed by atoms with E-state index in [9.17, 15) is 4.79 Å². The molecule has 1 aromatic rings. The number of nitrogens with one attached hydrogen (secondary N) is 1. The molecule has 0 aliphatic carbocycles. The Bertz CT molecular complexity index is 438. The van der Waals surface area contributed by atoms with Gasteiger partial charge in [0.1, 0.15) is 0 Å². The van der Waals surface area contributed by atoms with Crippen molar-refractivity contribution in [3.8, 4) is 0 Å². The van der Waals surface area contributed by atoms with Crippen molar-refractivity contribution in [2.75, 3.05) is 5.75 Å². The number of thioether (sulfide) groups is 1. The average Bonchev–Trinajstić information content (AvgIpc) is 2.25. The third kappa shape index (κ3) is 6.39. The van der Waals surface area contributed by atoms with Gasteiger partial charge in [-0.2, -0.15) is 5.10 Å². The van der Waals surface area contributed by atoms with Crippen molar-refractivity contribution >= 4 is 23.9 Å². The first kappa shape index (κ1) is 14.7. The minimum Gasteiger partial charge on any atom is -0.272 e. The number of aryl methyl sites for hydroxylation is 1. The molecule has 0 saturated heterocycles. The molecule has 1 rings (SSSR count). The molecule has 5 heteroatoms. The van der Waals surface area contributed by atoms with Crippen LogP contribution in [0.5, 0.6) is 0 Å². The Hall–Kier alpha value is -1.36. The zero-order chi connectivity index (χ0) is 13.6. The van der Waals surface area contributed by atoms with Crippen LogP contribution in [0.3, 0.4) is 0 Å². The van der Waals surface area contributed by atoms with Crippen LogP contribution in [0.15, 0.2) is 23.3 Å². The number of pyridine rings is 1. The highest BCUT2D eigenvalue weighted by atomic mass is 32.2. The Balaban J connectivity index is 2.39. The summed E-state index contributed by atoms with van der Waals surface area (Å²) in [6.07, 6.45) is 1.55. The maximum atomic E-state index is 11.5. The van der Waals surface area contributed by atoms with E-state index in [2.05, 4.69) is 36.3 Å². The number of hydrogen-bond donors (Lipinski definition) is 1. The number of hydrazone groups is 1. The molecule has 0 aliphatic rings. The molecule has 0 radical (unpaired) electrons. The second-order valence-corrected chi connectivity index (χ2v) is 6.70. The third-order valence-corrected chi connectivity index (χ3v) is 3.20. The van der Waals surface area contributed by atoms with Gasteiger partial charge in [-0.3, -0.25) is 9.78 Å². The summed E-state index contributed by atoms with van der Waals surface area (Å²) in [5.74, 6) is 0.307. The minimum atomic E-state index is -0.0983. The van der Waals surface area contributed by atoms with Crippen molar-refractivity contribution in [3.63, 3.8) is 0 Å². The molecule has 0 unspecified atom stereocenters. The van der Waals surface area contributed by atoms with Crippen LogP contribution in [-0.4, -0.2) is 27.6 Å². The lowest BCUT2D eigenvalue weighted by Gasteiger charge is -2.16. The number of amides is 1. The Morgan fingerprint density at radius 1 is 1.50 bits per heavy atom. The van der Waals surface area contributed by atoms with Crippen LogP contribution in [0.1, 0.15) is 32.2 Å². The fraction of sp³-hybridized carbons (Fsp3) is 0.462. The van der Waals surface area contributed by atoms with E-state index in [0.29, 0.717) is 5.75 Å². The largest absolute Gasteiger partial charge is 0.272 e. The summed E-state index contributed by atoms with van der Waals surface area (Å²) >= 11 is 1.59. The predicted molar refractivity (Wildman–Crippen MR) is 76.9 cm³/mol. The molecule has 0 fully saturated rings. The Kier molecular flexibility index (Phi) is 5.34. The van der Waals surface area contributed by atoms with E-state index in [-0.39, 0.29) is 10.7 Å². The van der Waals surface area contributed by atoms with Crippen molar-refractivity contribution in [1.82, 2.24) is 10.4 Å². The summed E-state index contributed by atoms with van der Waals surface area (Å²) < 4.78 is 0.0825. The molecule has 0 saturated carbocycles. The van der Waals surface area contributed by atoms with Crippen molar-refractivity contribution in [1.29, 1.82) is 0 Å². The van der Waals surface area contributed by atoms with Gasteiger partial charge in [0.15, 0.2) is 0 Å². The Labute approximate surface area is 112 Å². The number of carbonyl (C=O) groups is 1. The molecular formula is C13H19N3OS. The second kappa shape index (κ2) is 6.54. The molecule has 98 valence electrons. The maximum Gasteiger partial charge on any atom is 0.250 e. The fourth-order valence-corrected chi connectivity index (χ4v) is 1.75. The number of nitrogens with zero attached hydrogens (tertiary/aromatic N) is 2. The zero-order valence-corrected chi connectivity index (χ0v) is 12.0. The summed E-state index contributed by atoms with van der Waals surface area (Å²) in [5.41, 5.74) is 4.15. The Morgan fingerprint density at radius 3 is 2.83 bits per heavy atom. The quantitative estimate of drug-likeness (QED) is 0.671. The van der Waals surface area contributed by atoms with Crippen LogP contribution in [0.25, 0.3) is 0 Å². The fourth-order valence-electron chi connectivity index (χ4n) is 1.12. The molecule has 1 aromatic heterocycles. The van der Waals surface area contributed by atoms with E-state index in [1.54, 1.807) is 18.0 Å². The van der Waals surface area contributed by atoms with E-state index in [0.717, 1.165) is 11.4 Å². The summed E-state index contributed by atoms with van der Waals surface area (Å²) in [6, 6.07) is 5.66. The molecule has 0 aromatic carbocycles. The van der Waals surface area contributed by atoms with Gasteiger partial charge >= 0.3 is 0 Å². The Morgan fingerprint density at radius 2 is 2.22 bits per heavy atom. The van der Waals surface area contributed by atoms with E-state index in [1.165, 1.54) is 0 Å². The van der Waals surface area contributed by atoms with Crippen LogP contribution in [0.4, 0.5) is 0 Å². The van der Waals surface area contributed by atoms with Crippen molar-refractivity contribution < 1.29 is 4.79 Å². The number of carbonyl (C=O) groups excluding carboxylic acids is 1. The first-order chi connectivity index (χ1) is 8.37. The van der Waals surface area contributed by atoms with Gasteiger partial charge in [0.05, 0.1) is 17.7 Å². The van der Waals surface area contributed by atoms with Gasteiger partial charge in [0, 0.05) is 10.4 Å². The van der Waals surface area contributed by atoms with Crippen molar-refractivity contribution in [3.05, 3.63) is 29.6 Å². The normalized spacial score (nSPS) is 11.8. The van der Waals surface area contributed by atoms with E-state index in [4.69, 9.17) is 0 Å². The van der Waals surface area contributed by atoms with Gasteiger partial charge in [-0.25, -0.2) is 5.43 Å². The van der Waals surface area contributed by atoms with Crippen LogP contribution in [0, 0.1) is 6.92 Å². The molecule has 1 heterocycles. The van der Waals surface area contributed by atoms with Gasteiger partial charge in [-0.1, -0.05) is 26.8 Å². The minimum absolute atomic E-state index is 0.0825. The summed E-state index contributed by atoms with van der Waals surface area (Å²) in [6.45, 7) is 8.14. The van der Waals surface area contributed by atoms with Crippen LogP contribution >= 0.6 is 11.8 Å². The summed E-state index contributed by atoms with van der Waals surface area (Å²) in [7, 11) is 0. The second-order valence-electron chi connectivity index (χ2n) is 4.90. The van der Waals surface area contributed by atoms with Crippen LogP contribution in [0.2, 0.25) is 0 Å². The topological polar surface area (TPSA) is 54.4 Å². The molecule has 4 nitrogen and oxygen atoms in total. The predicted octanol–water partition coefficient (Wildman–Crippen LogP) is 2.37. The maximum absolute atomic E-state index is 11.5. The van der Waals surface area contributed by atoms with Crippen molar-refractivity contribution in [2.45, 2.75) is 32.4 Å². The van der Waals surface area contributed by atoms with E-state index < -0.39 is 0 Å². The lowest BCUT2D eigenvalue weighted by Crippen LogP contribution is -2.22. The molecular weight excluding hydrogens is 246 g/mol. The van der Waals surface area contributed by atoms with E-state index >= 15 is 0 Å². The lowest BCUT2D eigenvalue weighted by atomic mass is 10.3. The molecule has 1 N–H and O–H groups in total. The highest BCUT2D eigenvalue weighted by Gasteiger charge is 2.12. The number of rotatable bonds is 4. The highest BCUT2D eigenvalue weighted by molar-refractivity contribution is 8.01. The molecule has 18 heavy (non-hydrogen) atoms. The van der Waals surface area contributed by atoms with E-state index in [1.807, 2.05) is 25.1 Å². The van der Waals surface area contributed by atoms with Crippen LogP contribution in [-0.2, 0) is 4.79 Å². The first-order valence-electron chi connectivity index (χ1n) is 5.76.